The lowest BCUT2D eigenvalue weighted by Gasteiger charge is -2.23. The van der Waals surface area contributed by atoms with Crippen molar-refractivity contribution in [3.63, 3.8) is 0 Å². The fraction of sp³-hybridized carbons (Fsp3) is 0.765. The number of carbonyl (C=O) groups is 4. The fourth-order valence-corrected chi connectivity index (χ4v) is 5.46. The normalized spacial score (nSPS) is 32.7. The summed E-state index contributed by atoms with van der Waals surface area (Å²) in [5.74, 6) is -1.81. The van der Waals surface area contributed by atoms with Gasteiger partial charge in [-0.15, -0.1) is 0 Å². The largest absolute Gasteiger partial charge is 0.478 e. The van der Waals surface area contributed by atoms with Crippen LogP contribution in [0.2, 0.25) is 0 Å². The molecule has 0 radical (unpaired) electrons. The Labute approximate surface area is 263 Å². The van der Waals surface area contributed by atoms with E-state index in [9.17, 15) is 39.6 Å². The summed E-state index contributed by atoms with van der Waals surface area (Å²) in [7, 11) is 0. The van der Waals surface area contributed by atoms with Gasteiger partial charge in [-0.25, -0.2) is 4.79 Å². The third-order valence-corrected chi connectivity index (χ3v) is 8.35. The fourth-order valence-electron chi connectivity index (χ4n) is 5.46. The average Bonchev–Trinajstić information content (AvgIpc) is 2.97. The third kappa shape index (κ3) is 16.5. The minimum Gasteiger partial charge on any atom is -0.478 e. The highest BCUT2D eigenvalue weighted by atomic mass is 16.5. The van der Waals surface area contributed by atoms with Crippen molar-refractivity contribution in [1.29, 1.82) is 0 Å². The number of Topliss-reactive ketones (excluding diaryl/α,β-unsaturated/α-hetero) is 1. The predicted molar refractivity (Wildman–Crippen MR) is 169 cm³/mol. The molecule has 10 nitrogen and oxygen atoms in total. The summed E-state index contributed by atoms with van der Waals surface area (Å²) in [6.45, 7) is 7.56. The quantitative estimate of drug-likeness (QED) is 0.280. The summed E-state index contributed by atoms with van der Waals surface area (Å²) >= 11 is 0. The van der Waals surface area contributed by atoms with Crippen LogP contribution in [-0.4, -0.2) is 75.0 Å². The molecule has 5 N–H and O–H groups in total. The maximum absolute atomic E-state index is 12.8. The molecule has 10 heteroatoms. The van der Waals surface area contributed by atoms with Crippen LogP contribution in [0.15, 0.2) is 23.8 Å². The average molecular weight is 624 g/mol. The van der Waals surface area contributed by atoms with Gasteiger partial charge in [0.1, 0.15) is 5.78 Å². The SMILES string of the molecule is CCC[C@@H]1OC(=O)[C@@H](C)C[C@@H](C)CCCCC(=O)CCC[C@@H](CC)/C=C/C=C(\C(=O)O)CC[C@@H](O)[C@@H](O)C[C@H](O)CNC1=O. The van der Waals surface area contributed by atoms with E-state index in [1.807, 2.05) is 19.9 Å². The van der Waals surface area contributed by atoms with Crippen LogP contribution in [0.5, 0.6) is 0 Å². The summed E-state index contributed by atoms with van der Waals surface area (Å²) in [6.07, 6.45) is 7.70. The molecule has 0 aromatic carbocycles. The van der Waals surface area contributed by atoms with Crippen molar-refractivity contribution in [1.82, 2.24) is 5.32 Å². The van der Waals surface area contributed by atoms with E-state index in [0.717, 1.165) is 38.5 Å². The Morgan fingerprint density at radius 2 is 1.64 bits per heavy atom. The summed E-state index contributed by atoms with van der Waals surface area (Å²) < 4.78 is 5.55. The lowest BCUT2D eigenvalue weighted by Crippen LogP contribution is -2.43. The highest BCUT2D eigenvalue weighted by Gasteiger charge is 2.27. The van der Waals surface area contributed by atoms with Gasteiger partial charge >= 0.3 is 11.9 Å². The van der Waals surface area contributed by atoms with Crippen LogP contribution >= 0.6 is 0 Å². The first-order chi connectivity index (χ1) is 20.9. The number of rotatable bonds is 4. The lowest BCUT2D eigenvalue weighted by atomic mass is 9.92. The van der Waals surface area contributed by atoms with E-state index in [1.54, 1.807) is 13.0 Å². The Morgan fingerprint density at radius 1 is 0.932 bits per heavy atom. The summed E-state index contributed by atoms with van der Waals surface area (Å²) in [4.78, 5) is 49.7. The number of cyclic esters (lactones) is 1. The third-order valence-electron chi connectivity index (χ3n) is 8.35. The van der Waals surface area contributed by atoms with Gasteiger partial charge in [0.2, 0.25) is 0 Å². The zero-order valence-electron chi connectivity index (χ0n) is 27.2. The van der Waals surface area contributed by atoms with Crippen molar-refractivity contribution >= 4 is 23.6 Å². The predicted octanol–water partition coefficient (Wildman–Crippen LogP) is 4.64. The van der Waals surface area contributed by atoms with Crippen LogP contribution < -0.4 is 5.32 Å². The number of β-amino-alcohol motifs (C(OH)–C–C–N with tert-alkyl or cyclic N) is 1. The van der Waals surface area contributed by atoms with Gasteiger partial charge in [-0.05, 0) is 63.2 Å². The molecule has 7 atom stereocenters. The molecule has 1 heterocycles. The molecule has 0 saturated heterocycles. The van der Waals surface area contributed by atoms with Crippen molar-refractivity contribution in [3.05, 3.63) is 23.8 Å². The van der Waals surface area contributed by atoms with Crippen LogP contribution in [0.25, 0.3) is 0 Å². The summed E-state index contributed by atoms with van der Waals surface area (Å²) in [6, 6.07) is 0. The van der Waals surface area contributed by atoms with Crippen molar-refractivity contribution in [3.8, 4) is 0 Å². The molecule has 252 valence electrons. The van der Waals surface area contributed by atoms with Gasteiger partial charge in [0.05, 0.1) is 24.2 Å². The van der Waals surface area contributed by atoms with Gasteiger partial charge in [-0.1, -0.05) is 65.2 Å². The molecule has 0 aliphatic carbocycles. The standard InChI is InChI=1S/C34H57NO9/c1-5-11-31-32(40)35-22-28(37)21-30(39)29(38)19-18-26(33(41)42)15-9-13-25(6-2)14-10-17-27(36)16-8-7-12-23(3)20-24(4)34(43)44-31/h9,13,15,23-25,28-31,37-39H,5-8,10-12,14,16-22H2,1-4H3,(H,35,40)(H,41,42)/b13-9+,26-15-/t23-,24-,25-,28-,29+,30-,31-/m0/s1. The zero-order valence-corrected chi connectivity index (χ0v) is 27.2. The second-order valence-electron chi connectivity index (χ2n) is 12.5. The van der Waals surface area contributed by atoms with Crippen LogP contribution in [0.1, 0.15) is 118 Å². The number of carboxylic acids is 1. The first kappa shape index (κ1) is 39.5. The molecule has 1 aliphatic rings. The molecule has 0 bridgehead atoms. The number of ether oxygens (including phenoxy) is 1. The van der Waals surface area contributed by atoms with E-state index in [0.29, 0.717) is 32.1 Å². The van der Waals surface area contributed by atoms with Crippen molar-refractivity contribution in [2.45, 2.75) is 142 Å². The smallest absolute Gasteiger partial charge is 0.331 e. The maximum atomic E-state index is 12.8. The highest BCUT2D eigenvalue weighted by molar-refractivity contribution is 5.87. The lowest BCUT2D eigenvalue weighted by molar-refractivity contribution is -0.160. The molecule has 0 aromatic rings. The zero-order chi connectivity index (χ0) is 33.1. The number of aliphatic hydroxyl groups is 3. The van der Waals surface area contributed by atoms with E-state index in [2.05, 4.69) is 12.2 Å². The number of esters is 1. The molecule has 0 unspecified atom stereocenters. The summed E-state index contributed by atoms with van der Waals surface area (Å²) in [5.41, 5.74) is 0.0821. The van der Waals surface area contributed by atoms with E-state index in [4.69, 9.17) is 4.74 Å². The molecule has 1 aliphatic heterocycles. The number of carboxylic acid groups (broad SMARTS) is 1. The topological polar surface area (TPSA) is 170 Å². The molecule has 1 amide bonds. The van der Waals surface area contributed by atoms with Gasteiger partial charge in [0, 0.05) is 31.4 Å². The maximum Gasteiger partial charge on any atom is 0.331 e. The molecule has 1 rings (SSSR count). The van der Waals surface area contributed by atoms with Crippen LogP contribution in [0.4, 0.5) is 0 Å². The number of amides is 1. The number of hydrogen-bond acceptors (Lipinski definition) is 8. The Morgan fingerprint density at radius 3 is 2.30 bits per heavy atom. The molecule has 0 fully saturated rings. The molecular weight excluding hydrogens is 566 g/mol. The summed E-state index contributed by atoms with van der Waals surface area (Å²) in [5, 5.41) is 43.4. The van der Waals surface area contributed by atoms with Crippen molar-refractivity contribution < 1.29 is 44.3 Å². The van der Waals surface area contributed by atoms with Gasteiger partial charge in [0.25, 0.3) is 5.91 Å². The van der Waals surface area contributed by atoms with E-state index >= 15 is 0 Å². The number of ketones is 1. The number of nitrogens with one attached hydrogen (secondary N) is 1. The molecule has 44 heavy (non-hydrogen) atoms. The van der Waals surface area contributed by atoms with Gasteiger partial charge in [0.15, 0.2) is 6.10 Å². The van der Waals surface area contributed by atoms with Gasteiger partial charge in [-0.2, -0.15) is 0 Å². The monoisotopic (exact) mass is 623 g/mol. The number of allylic oxidation sites excluding steroid dienone is 3. The Hall–Kier alpha value is -2.56. The van der Waals surface area contributed by atoms with Gasteiger partial charge in [-0.3, -0.25) is 14.4 Å². The van der Waals surface area contributed by atoms with Crippen LogP contribution in [0, 0.1) is 17.8 Å². The van der Waals surface area contributed by atoms with Crippen molar-refractivity contribution in [2.24, 2.45) is 17.8 Å². The number of aliphatic hydroxyl groups excluding tert-OH is 3. The Kier molecular flexibility index (Phi) is 19.8. The minimum atomic E-state index is -1.33. The second kappa shape index (κ2) is 22.0. The van der Waals surface area contributed by atoms with Crippen LogP contribution in [-0.2, 0) is 23.9 Å². The molecule has 0 spiro atoms. The van der Waals surface area contributed by atoms with Gasteiger partial charge < -0.3 is 30.5 Å². The van der Waals surface area contributed by atoms with Crippen molar-refractivity contribution in [2.75, 3.05) is 6.54 Å². The Balaban J connectivity index is 2.98. The number of hydrogen-bond donors (Lipinski definition) is 5. The minimum absolute atomic E-state index is 0.0112. The first-order valence-corrected chi connectivity index (χ1v) is 16.5. The van der Waals surface area contributed by atoms with E-state index < -0.39 is 48.2 Å². The molecular formula is C34H57NO9. The van der Waals surface area contributed by atoms with E-state index in [-0.39, 0.29) is 49.0 Å². The highest BCUT2D eigenvalue weighted by Crippen LogP contribution is 2.22. The second-order valence-corrected chi connectivity index (χ2v) is 12.5. The van der Waals surface area contributed by atoms with Crippen LogP contribution in [0.3, 0.4) is 0 Å². The number of carbonyl (C=O) groups excluding carboxylic acids is 3. The molecule has 0 saturated carbocycles. The van der Waals surface area contributed by atoms with E-state index in [1.165, 1.54) is 6.08 Å². The molecule has 0 aromatic heterocycles. The number of aliphatic carboxylic acids is 1. The first-order valence-electron chi connectivity index (χ1n) is 16.5. The Bertz CT molecular complexity index is 947.